The molecule has 1 aromatic carbocycles. The van der Waals surface area contributed by atoms with Crippen LogP contribution in [0.1, 0.15) is 48.6 Å². The summed E-state index contributed by atoms with van der Waals surface area (Å²) >= 11 is 0. The van der Waals surface area contributed by atoms with Crippen LogP contribution < -0.4 is 10.6 Å². The van der Waals surface area contributed by atoms with Crippen molar-refractivity contribution in [1.29, 1.82) is 0 Å². The lowest BCUT2D eigenvalue weighted by Crippen LogP contribution is -2.36. The molecule has 198 valence electrons. The number of carbonyl (C=O) groups excluding carboxylic acids is 2. The Morgan fingerprint density at radius 1 is 1.13 bits per heavy atom. The van der Waals surface area contributed by atoms with Crippen LogP contribution in [0.5, 0.6) is 0 Å². The van der Waals surface area contributed by atoms with Crippen LogP contribution in [0.3, 0.4) is 0 Å². The molecule has 0 spiro atoms. The number of amides is 2. The second-order valence-electron chi connectivity index (χ2n) is 9.89. The fraction of sp³-hybridized carbons (Fsp3) is 0.379. The number of carbonyl (C=O) groups is 2. The lowest BCUT2D eigenvalue weighted by molar-refractivity contribution is -0.117. The molecule has 1 saturated carbocycles. The lowest BCUT2D eigenvalue weighted by atomic mass is 9.97. The van der Waals surface area contributed by atoms with E-state index < -0.39 is 0 Å². The van der Waals surface area contributed by atoms with Gasteiger partial charge in [0.2, 0.25) is 11.8 Å². The quantitative estimate of drug-likeness (QED) is 0.357. The molecular weight excluding hydrogens is 480 g/mol. The Kier molecular flexibility index (Phi) is 8.25. The monoisotopic (exact) mass is 514 g/mol. The maximum atomic E-state index is 12.7. The molecule has 2 aromatic heterocycles. The van der Waals surface area contributed by atoms with E-state index in [1.165, 1.54) is 12.8 Å². The molecule has 1 saturated heterocycles. The molecule has 3 N–H and O–H groups in total. The van der Waals surface area contributed by atoms with Gasteiger partial charge in [-0.25, -0.2) is 0 Å². The van der Waals surface area contributed by atoms with E-state index in [1.807, 2.05) is 55.5 Å². The Morgan fingerprint density at radius 3 is 2.61 bits per heavy atom. The van der Waals surface area contributed by atoms with Crippen LogP contribution in [0, 0.1) is 0 Å². The fourth-order valence-electron chi connectivity index (χ4n) is 4.38. The zero-order valence-corrected chi connectivity index (χ0v) is 21.7. The van der Waals surface area contributed by atoms with Gasteiger partial charge in [0.1, 0.15) is 0 Å². The van der Waals surface area contributed by atoms with E-state index >= 15 is 0 Å². The number of aromatic nitrogens is 3. The standard InChI is InChI=1S/C29H34N6O3/c1-20(29(37)32-27-17-26(33-34-27)23-8-9-23)21-4-6-22(7-5-21)24-10-11-25(30-18-24)19-31-28(36)3-2-12-35-13-15-38-16-14-35/h2-7,10-11,17-18,20,23H,8-9,12-16,19H2,1H3,(H,31,36)(H2,32,33,34,37)/b3-2+/t20-/m0/s1. The molecule has 38 heavy (non-hydrogen) atoms. The molecule has 2 fully saturated rings. The average molecular weight is 515 g/mol. The summed E-state index contributed by atoms with van der Waals surface area (Å²) in [5.41, 5.74) is 4.79. The number of morpholine rings is 1. The molecule has 9 heteroatoms. The van der Waals surface area contributed by atoms with Gasteiger partial charge in [0.25, 0.3) is 0 Å². The third-order valence-electron chi connectivity index (χ3n) is 7.01. The average Bonchev–Trinajstić information content (AvgIpc) is 3.71. The van der Waals surface area contributed by atoms with E-state index in [0.29, 0.717) is 18.3 Å². The molecule has 0 bridgehead atoms. The van der Waals surface area contributed by atoms with Gasteiger partial charge in [-0.2, -0.15) is 5.10 Å². The van der Waals surface area contributed by atoms with E-state index in [9.17, 15) is 9.59 Å². The van der Waals surface area contributed by atoms with Crippen LogP contribution in [0.15, 0.2) is 60.8 Å². The van der Waals surface area contributed by atoms with Crippen LogP contribution in [-0.2, 0) is 20.9 Å². The second-order valence-corrected chi connectivity index (χ2v) is 9.89. The summed E-state index contributed by atoms with van der Waals surface area (Å²) in [5, 5.41) is 13.0. The molecule has 5 rings (SSSR count). The van der Waals surface area contributed by atoms with E-state index in [2.05, 4.69) is 30.7 Å². The number of anilines is 1. The van der Waals surface area contributed by atoms with Gasteiger partial charge in [-0.05, 0) is 37.0 Å². The van der Waals surface area contributed by atoms with Gasteiger partial charge < -0.3 is 15.4 Å². The zero-order chi connectivity index (χ0) is 26.3. The smallest absolute Gasteiger partial charge is 0.244 e. The summed E-state index contributed by atoms with van der Waals surface area (Å²) in [6, 6.07) is 13.8. The van der Waals surface area contributed by atoms with Crippen molar-refractivity contribution in [1.82, 2.24) is 25.4 Å². The van der Waals surface area contributed by atoms with Gasteiger partial charge >= 0.3 is 0 Å². The summed E-state index contributed by atoms with van der Waals surface area (Å²) in [6.07, 6.45) is 7.62. The minimum atomic E-state index is -0.308. The predicted molar refractivity (Wildman–Crippen MR) is 146 cm³/mol. The van der Waals surface area contributed by atoms with E-state index in [1.54, 1.807) is 12.3 Å². The molecule has 2 aliphatic rings. The number of nitrogens with one attached hydrogen (secondary N) is 3. The summed E-state index contributed by atoms with van der Waals surface area (Å²) in [5.74, 6) is 0.612. The zero-order valence-electron chi connectivity index (χ0n) is 21.7. The fourth-order valence-corrected chi connectivity index (χ4v) is 4.38. The molecule has 2 amide bonds. The molecule has 0 unspecified atom stereocenters. The van der Waals surface area contributed by atoms with E-state index in [-0.39, 0.29) is 17.7 Å². The SMILES string of the molecule is C[C@H](C(=O)Nc1cc(C2CC2)[nH]n1)c1ccc(-c2ccc(CNC(=O)/C=C/CN3CCOCC3)nc2)cc1. The first-order valence-electron chi connectivity index (χ1n) is 13.2. The van der Waals surface area contributed by atoms with Gasteiger partial charge in [0, 0.05) is 55.1 Å². The number of hydrogen-bond donors (Lipinski definition) is 3. The second kappa shape index (κ2) is 12.1. The van der Waals surface area contributed by atoms with Crippen LogP contribution in [-0.4, -0.2) is 64.7 Å². The molecular formula is C29H34N6O3. The van der Waals surface area contributed by atoms with Gasteiger partial charge in [-0.1, -0.05) is 36.4 Å². The normalized spacial score (nSPS) is 16.9. The van der Waals surface area contributed by atoms with Crippen LogP contribution in [0.25, 0.3) is 11.1 Å². The Labute approximate surface area is 222 Å². The van der Waals surface area contributed by atoms with Crippen LogP contribution in [0.4, 0.5) is 5.82 Å². The van der Waals surface area contributed by atoms with Crippen LogP contribution in [0.2, 0.25) is 0 Å². The number of benzene rings is 1. The molecule has 3 heterocycles. The molecule has 1 atom stereocenters. The lowest BCUT2D eigenvalue weighted by Gasteiger charge is -2.24. The molecule has 9 nitrogen and oxygen atoms in total. The number of hydrogen-bond acceptors (Lipinski definition) is 6. The van der Waals surface area contributed by atoms with Crippen molar-refractivity contribution in [3.8, 4) is 11.1 Å². The Morgan fingerprint density at radius 2 is 1.89 bits per heavy atom. The van der Waals surface area contributed by atoms with Gasteiger partial charge in [-0.3, -0.25) is 24.6 Å². The third kappa shape index (κ3) is 6.93. The van der Waals surface area contributed by atoms with Crippen molar-refractivity contribution >= 4 is 17.6 Å². The number of rotatable bonds is 10. The minimum absolute atomic E-state index is 0.0874. The van der Waals surface area contributed by atoms with E-state index in [4.69, 9.17) is 4.74 Å². The maximum Gasteiger partial charge on any atom is 0.244 e. The van der Waals surface area contributed by atoms with E-state index in [0.717, 1.165) is 60.9 Å². The Hall–Kier alpha value is -3.82. The number of H-pyrrole nitrogens is 1. The van der Waals surface area contributed by atoms with Gasteiger partial charge in [0.15, 0.2) is 5.82 Å². The van der Waals surface area contributed by atoms with Crippen molar-refractivity contribution in [2.45, 2.75) is 38.1 Å². The largest absolute Gasteiger partial charge is 0.379 e. The summed E-state index contributed by atoms with van der Waals surface area (Å²) in [4.78, 5) is 31.6. The number of pyridine rings is 1. The number of aromatic amines is 1. The maximum absolute atomic E-state index is 12.7. The molecule has 0 radical (unpaired) electrons. The summed E-state index contributed by atoms with van der Waals surface area (Å²) < 4.78 is 5.33. The predicted octanol–water partition coefficient (Wildman–Crippen LogP) is 3.60. The summed E-state index contributed by atoms with van der Waals surface area (Å²) in [6.45, 7) is 6.28. The Balaban J connectivity index is 1.09. The first-order valence-corrected chi connectivity index (χ1v) is 13.2. The third-order valence-corrected chi connectivity index (χ3v) is 7.01. The van der Waals surface area contributed by atoms with Crippen molar-refractivity contribution in [3.05, 3.63) is 77.8 Å². The van der Waals surface area contributed by atoms with Gasteiger partial charge in [-0.15, -0.1) is 0 Å². The summed E-state index contributed by atoms with van der Waals surface area (Å²) in [7, 11) is 0. The van der Waals surface area contributed by atoms with Crippen molar-refractivity contribution in [3.63, 3.8) is 0 Å². The highest BCUT2D eigenvalue weighted by molar-refractivity contribution is 5.95. The van der Waals surface area contributed by atoms with Crippen molar-refractivity contribution in [2.24, 2.45) is 0 Å². The highest BCUT2D eigenvalue weighted by atomic mass is 16.5. The number of ether oxygens (including phenoxy) is 1. The molecule has 1 aliphatic carbocycles. The number of nitrogens with zero attached hydrogens (tertiary/aromatic N) is 3. The first kappa shape index (κ1) is 25.8. The van der Waals surface area contributed by atoms with Gasteiger partial charge in [0.05, 0.1) is 31.4 Å². The highest BCUT2D eigenvalue weighted by Gasteiger charge is 2.26. The van der Waals surface area contributed by atoms with Crippen LogP contribution >= 0.6 is 0 Å². The molecule has 1 aliphatic heterocycles. The first-order chi connectivity index (χ1) is 18.5. The van der Waals surface area contributed by atoms with Crippen molar-refractivity contribution < 1.29 is 14.3 Å². The minimum Gasteiger partial charge on any atom is -0.379 e. The molecule has 3 aromatic rings. The Bertz CT molecular complexity index is 1260. The van der Waals surface area contributed by atoms with Crippen molar-refractivity contribution in [2.75, 3.05) is 38.2 Å². The topological polar surface area (TPSA) is 112 Å². The highest BCUT2D eigenvalue weighted by Crippen LogP contribution is 2.39.